The van der Waals surface area contributed by atoms with Crippen molar-refractivity contribution in [2.45, 2.75) is 58.3 Å². The molecule has 2 nitrogen and oxygen atoms in total. The smallest absolute Gasteiger partial charge is 0.303 e. The molecule has 0 heterocycles. The van der Waals surface area contributed by atoms with Crippen LogP contribution in [0.25, 0.3) is 0 Å². The third-order valence-electron chi connectivity index (χ3n) is 1.99. The van der Waals surface area contributed by atoms with Gasteiger partial charge in [0.2, 0.25) is 0 Å². The molecule has 0 rings (SSSR count). The number of unbranched alkanes of at least 4 members (excludes halogenated alkanes) is 6. The zero-order valence-corrected chi connectivity index (χ0v) is 9.96. The molecule has 0 saturated heterocycles. The van der Waals surface area contributed by atoms with Gasteiger partial charge in [0, 0.05) is 31.6 Å². The van der Waals surface area contributed by atoms with E-state index in [1.54, 1.807) is 0 Å². The predicted molar refractivity (Wildman–Crippen MR) is 56.0 cm³/mol. The fourth-order valence-corrected chi connectivity index (χ4v) is 1.23. The van der Waals surface area contributed by atoms with Crippen molar-refractivity contribution in [2.24, 2.45) is 0 Å². The minimum absolute atomic E-state index is 0. The van der Waals surface area contributed by atoms with Crippen LogP contribution >= 0.6 is 0 Å². The number of rotatable bonds is 8. The molecule has 0 unspecified atom stereocenters. The summed E-state index contributed by atoms with van der Waals surface area (Å²) in [6, 6.07) is 0. The number of carboxylic acid groups (broad SMARTS) is 1. The summed E-state index contributed by atoms with van der Waals surface area (Å²) in [5, 5.41) is 8.35. The molecule has 4 radical (unpaired) electrons. The van der Waals surface area contributed by atoms with Gasteiger partial charge in [-0.15, -0.1) is 0 Å². The fourth-order valence-electron chi connectivity index (χ4n) is 1.23. The van der Waals surface area contributed by atoms with E-state index in [-0.39, 0.29) is 25.2 Å². The summed E-state index contributed by atoms with van der Waals surface area (Å²) >= 11 is 0. The third-order valence-corrected chi connectivity index (χ3v) is 1.99. The molecule has 0 saturated carbocycles. The Hall–Kier alpha value is 0.0414. The molecule has 0 aliphatic carbocycles. The van der Waals surface area contributed by atoms with Crippen molar-refractivity contribution in [2.75, 3.05) is 0 Å². The van der Waals surface area contributed by atoms with E-state index in [0.29, 0.717) is 6.42 Å². The zero-order chi connectivity index (χ0) is 9.23. The van der Waals surface area contributed by atoms with Crippen LogP contribution < -0.4 is 0 Å². The van der Waals surface area contributed by atoms with Crippen molar-refractivity contribution in [3.8, 4) is 0 Å². The van der Waals surface area contributed by atoms with Gasteiger partial charge in [-0.25, -0.2) is 0 Å². The molecule has 0 spiro atoms. The molecule has 0 bridgehead atoms. The molecule has 0 aromatic rings. The SMILES string of the molecule is CCCCCCCCCC(=O)O.[B].[Co]. The maximum atomic E-state index is 10.1. The van der Waals surface area contributed by atoms with Crippen LogP contribution in [0.2, 0.25) is 0 Å². The Balaban J connectivity index is -0.000000605. The molecule has 0 aromatic heterocycles. The number of aliphatic carboxylic acids is 1. The van der Waals surface area contributed by atoms with Gasteiger partial charge in [-0.3, -0.25) is 4.79 Å². The van der Waals surface area contributed by atoms with Crippen LogP contribution in [-0.4, -0.2) is 19.5 Å². The van der Waals surface area contributed by atoms with Crippen LogP contribution in [0.15, 0.2) is 0 Å². The third kappa shape index (κ3) is 18.0. The van der Waals surface area contributed by atoms with Crippen molar-refractivity contribution in [1.82, 2.24) is 0 Å². The summed E-state index contributed by atoms with van der Waals surface area (Å²) in [6.07, 6.45) is 8.64. The van der Waals surface area contributed by atoms with E-state index in [9.17, 15) is 4.79 Å². The monoisotopic (exact) mass is 242 g/mol. The normalized spacial score (nSPS) is 8.64. The molecular formula is C10H20BCoO2. The Morgan fingerprint density at radius 1 is 1.00 bits per heavy atom. The van der Waals surface area contributed by atoms with Gasteiger partial charge in [0.25, 0.3) is 0 Å². The topological polar surface area (TPSA) is 37.3 Å². The van der Waals surface area contributed by atoms with Crippen molar-refractivity contribution < 1.29 is 26.7 Å². The second-order valence-corrected chi connectivity index (χ2v) is 3.27. The fraction of sp³-hybridized carbons (Fsp3) is 0.900. The van der Waals surface area contributed by atoms with E-state index in [2.05, 4.69) is 6.92 Å². The van der Waals surface area contributed by atoms with Gasteiger partial charge in [0.1, 0.15) is 0 Å². The quantitative estimate of drug-likeness (QED) is 0.524. The van der Waals surface area contributed by atoms with E-state index >= 15 is 0 Å². The number of carboxylic acids is 1. The van der Waals surface area contributed by atoms with E-state index in [4.69, 9.17) is 5.11 Å². The molecule has 0 aliphatic rings. The predicted octanol–water partition coefficient (Wildman–Crippen LogP) is 2.83. The van der Waals surface area contributed by atoms with Crippen LogP contribution in [0.5, 0.6) is 0 Å². The average molecular weight is 242 g/mol. The van der Waals surface area contributed by atoms with Crippen LogP contribution in [0.4, 0.5) is 0 Å². The van der Waals surface area contributed by atoms with E-state index < -0.39 is 5.97 Å². The Bertz CT molecular complexity index is 121. The van der Waals surface area contributed by atoms with Gasteiger partial charge in [-0.2, -0.15) is 0 Å². The van der Waals surface area contributed by atoms with Crippen LogP contribution in [0.3, 0.4) is 0 Å². The first-order valence-corrected chi connectivity index (χ1v) is 4.99. The summed E-state index contributed by atoms with van der Waals surface area (Å²) in [4.78, 5) is 10.1. The molecule has 0 aromatic carbocycles. The minimum Gasteiger partial charge on any atom is -0.481 e. The second-order valence-electron chi connectivity index (χ2n) is 3.27. The van der Waals surface area contributed by atoms with Gasteiger partial charge in [-0.05, 0) is 6.42 Å². The Kier molecular flexibility index (Phi) is 21.7. The van der Waals surface area contributed by atoms with Gasteiger partial charge in [-0.1, -0.05) is 45.4 Å². The van der Waals surface area contributed by atoms with Gasteiger partial charge in [0.05, 0.1) is 0 Å². The van der Waals surface area contributed by atoms with Crippen LogP contribution in [0.1, 0.15) is 58.3 Å². The van der Waals surface area contributed by atoms with Crippen LogP contribution in [-0.2, 0) is 21.6 Å². The summed E-state index contributed by atoms with van der Waals surface area (Å²) in [7, 11) is 0. The maximum Gasteiger partial charge on any atom is 0.303 e. The van der Waals surface area contributed by atoms with E-state index in [1.165, 1.54) is 32.1 Å². The first kappa shape index (κ1) is 19.6. The molecule has 0 aliphatic heterocycles. The average Bonchev–Trinajstić information content (AvgIpc) is 2.02. The number of carbonyl (C=O) groups is 1. The summed E-state index contributed by atoms with van der Waals surface area (Å²) in [6.45, 7) is 2.20. The van der Waals surface area contributed by atoms with Gasteiger partial charge < -0.3 is 5.11 Å². The molecule has 0 atom stereocenters. The molecule has 0 amide bonds. The Morgan fingerprint density at radius 3 is 1.86 bits per heavy atom. The maximum absolute atomic E-state index is 10.1. The van der Waals surface area contributed by atoms with E-state index in [1.807, 2.05) is 0 Å². The molecule has 0 fully saturated rings. The van der Waals surface area contributed by atoms with Crippen molar-refractivity contribution >= 4 is 14.4 Å². The Labute approximate surface area is 99.6 Å². The summed E-state index contributed by atoms with van der Waals surface area (Å²) < 4.78 is 0. The first-order chi connectivity index (χ1) is 5.77. The van der Waals surface area contributed by atoms with E-state index in [0.717, 1.165) is 12.8 Å². The van der Waals surface area contributed by atoms with Crippen molar-refractivity contribution in [3.05, 3.63) is 0 Å². The standard InChI is InChI=1S/C10H20O2.B.Co/c1-2-3-4-5-6-7-8-9-10(11)12;;/h2-9H2,1H3,(H,11,12);;. The first-order valence-electron chi connectivity index (χ1n) is 4.99. The molecule has 4 heteroatoms. The van der Waals surface area contributed by atoms with Crippen LogP contribution in [0, 0.1) is 0 Å². The van der Waals surface area contributed by atoms with Gasteiger partial charge >= 0.3 is 5.97 Å². The second kappa shape index (κ2) is 15.5. The number of hydrogen-bond acceptors (Lipinski definition) is 1. The molecular weight excluding hydrogens is 222 g/mol. The van der Waals surface area contributed by atoms with Crippen molar-refractivity contribution in [3.63, 3.8) is 0 Å². The van der Waals surface area contributed by atoms with Gasteiger partial charge in [0.15, 0.2) is 0 Å². The molecule has 1 N–H and O–H groups in total. The minimum atomic E-state index is -0.663. The molecule has 14 heavy (non-hydrogen) atoms. The summed E-state index contributed by atoms with van der Waals surface area (Å²) in [5.74, 6) is -0.663. The number of hydrogen-bond donors (Lipinski definition) is 1. The largest absolute Gasteiger partial charge is 0.481 e. The molecule has 84 valence electrons. The zero-order valence-electron chi connectivity index (χ0n) is 8.92. The Morgan fingerprint density at radius 2 is 1.43 bits per heavy atom. The van der Waals surface area contributed by atoms with Crippen molar-refractivity contribution in [1.29, 1.82) is 0 Å². The summed E-state index contributed by atoms with van der Waals surface area (Å²) in [5.41, 5.74) is 0.